The minimum atomic E-state index is -0.548. The van der Waals surface area contributed by atoms with Gasteiger partial charge in [-0.3, -0.25) is 10.1 Å². The fraction of sp³-hybridized carbons (Fsp3) is 0.167. The molecule has 1 aromatic rings. The molecule has 0 unspecified atom stereocenters. The summed E-state index contributed by atoms with van der Waals surface area (Å²) in [5.74, 6) is -0.929. The molecule has 1 saturated heterocycles. The lowest BCUT2D eigenvalue weighted by Gasteiger charge is -1.95. The third-order valence-corrected chi connectivity index (χ3v) is 3.77. The SMILES string of the molecule is CCOC(=O)C=C1S/C(=N\N=Cc2cccs2)NC1=O. The second-order valence-corrected chi connectivity index (χ2v) is 5.49. The Bertz CT molecular complexity index is 591. The molecule has 1 aliphatic heterocycles. The van der Waals surface area contributed by atoms with Crippen LogP contribution in [0.2, 0.25) is 0 Å². The summed E-state index contributed by atoms with van der Waals surface area (Å²) in [6.45, 7) is 1.96. The monoisotopic (exact) mass is 309 g/mol. The van der Waals surface area contributed by atoms with Gasteiger partial charge in [-0.05, 0) is 30.1 Å². The van der Waals surface area contributed by atoms with Gasteiger partial charge in [0.1, 0.15) is 0 Å². The van der Waals surface area contributed by atoms with Gasteiger partial charge in [-0.25, -0.2) is 4.79 Å². The average molecular weight is 309 g/mol. The molecule has 0 aromatic carbocycles. The van der Waals surface area contributed by atoms with E-state index in [4.69, 9.17) is 4.74 Å². The first-order chi connectivity index (χ1) is 9.69. The van der Waals surface area contributed by atoms with Crippen molar-refractivity contribution in [1.82, 2.24) is 5.32 Å². The van der Waals surface area contributed by atoms with E-state index in [0.717, 1.165) is 22.7 Å². The van der Waals surface area contributed by atoms with Crippen LogP contribution in [0.15, 0.2) is 38.7 Å². The van der Waals surface area contributed by atoms with Crippen LogP contribution in [0.3, 0.4) is 0 Å². The van der Waals surface area contributed by atoms with Crippen LogP contribution in [0, 0.1) is 0 Å². The standard InChI is InChI=1S/C12H11N3O3S2/c1-2-18-10(16)6-9-11(17)14-12(20-9)15-13-7-8-4-3-5-19-8/h3-7H,2H2,1H3,(H,14,15,17). The molecule has 0 saturated carbocycles. The summed E-state index contributed by atoms with van der Waals surface area (Å²) in [5.41, 5.74) is 0. The van der Waals surface area contributed by atoms with Crippen molar-refractivity contribution in [3.63, 3.8) is 0 Å². The molecule has 0 spiro atoms. The number of thiophene rings is 1. The van der Waals surface area contributed by atoms with Crippen molar-refractivity contribution in [3.8, 4) is 0 Å². The van der Waals surface area contributed by atoms with E-state index in [1.54, 1.807) is 13.1 Å². The van der Waals surface area contributed by atoms with E-state index >= 15 is 0 Å². The van der Waals surface area contributed by atoms with Gasteiger partial charge in [-0.15, -0.1) is 16.4 Å². The van der Waals surface area contributed by atoms with E-state index in [1.807, 2.05) is 17.5 Å². The Morgan fingerprint density at radius 2 is 2.40 bits per heavy atom. The molecule has 0 radical (unpaired) electrons. The average Bonchev–Trinajstić information content (AvgIpc) is 3.01. The summed E-state index contributed by atoms with van der Waals surface area (Å²) < 4.78 is 4.74. The Morgan fingerprint density at radius 3 is 3.10 bits per heavy atom. The summed E-state index contributed by atoms with van der Waals surface area (Å²) in [6, 6.07) is 3.81. The fourth-order valence-electron chi connectivity index (χ4n) is 1.27. The summed E-state index contributed by atoms with van der Waals surface area (Å²) >= 11 is 2.58. The lowest BCUT2D eigenvalue weighted by atomic mass is 10.4. The van der Waals surface area contributed by atoms with Crippen LogP contribution < -0.4 is 5.32 Å². The van der Waals surface area contributed by atoms with Crippen LogP contribution in [-0.2, 0) is 14.3 Å². The zero-order valence-corrected chi connectivity index (χ0v) is 12.2. The van der Waals surface area contributed by atoms with Crippen molar-refractivity contribution in [3.05, 3.63) is 33.4 Å². The first-order valence-corrected chi connectivity index (χ1v) is 7.41. The molecule has 0 aliphatic carbocycles. The molecule has 0 atom stereocenters. The summed E-state index contributed by atoms with van der Waals surface area (Å²) in [4.78, 5) is 24.0. The smallest absolute Gasteiger partial charge is 0.332 e. The first kappa shape index (κ1) is 14.5. The number of carbonyl (C=O) groups is 2. The van der Waals surface area contributed by atoms with Crippen LogP contribution in [-0.4, -0.2) is 29.9 Å². The minimum absolute atomic E-state index is 0.244. The van der Waals surface area contributed by atoms with Crippen molar-refractivity contribution in [2.45, 2.75) is 6.92 Å². The number of ether oxygens (including phenoxy) is 1. The minimum Gasteiger partial charge on any atom is -0.463 e. The highest BCUT2D eigenvalue weighted by molar-refractivity contribution is 8.18. The molecular formula is C12H11N3O3S2. The predicted molar refractivity (Wildman–Crippen MR) is 79.8 cm³/mol. The van der Waals surface area contributed by atoms with Crippen molar-refractivity contribution in [1.29, 1.82) is 0 Å². The topological polar surface area (TPSA) is 80.1 Å². The normalized spacial score (nSPS) is 18.9. The predicted octanol–water partition coefficient (Wildman–Crippen LogP) is 1.75. The maximum absolute atomic E-state index is 11.6. The number of nitrogens with zero attached hydrogens (tertiary/aromatic N) is 2. The van der Waals surface area contributed by atoms with Crippen LogP contribution in [0.5, 0.6) is 0 Å². The largest absolute Gasteiger partial charge is 0.463 e. The Balaban J connectivity index is 1.99. The third kappa shape index (κ3) is 4.04. The number of hydrogen-bond donors (Lipinski definition) is 1. The number of nitrogens with one attached hydrogen (secondary N) is 1. The number of rotatable bonds is 4. The number of hydrogen-bond acceptors (Lipinski definition) is 7. The van der Waals surface area contributed by atoms with E-state index in [0.29, 0.717) is 5.17 Å². The summed E-state index contributed by atoms with van der Waals surface area (Å²) in [6.07, 6.45) is 2.74. The van der Waals surface area contributed by atoms with Crippen molar-refractivity contribution < 1.29 is 14.3 Å². The van der Waals surface area contributed by atoms with Gasteiger partial charge in [0, 0.05) is 11.0 Å². The van der Waals surface area contributed by atoms with E-state index in [9.17, 15) is 9.59 Å². The van der Waals surface area contributed by atoms with Gasteiger partial charge in [-0.1, -0.05) is 6.07 Å². The highest BCUT2D eigenvalue weighted by atomic mass is 32.2. The number of amidine groups is 1. The lowest BCUT2D eigenvalue weighted by molar-refractivity contribution is -0.137. The van der Waals surface area contributed by atoms with Gasteiger partial charge < -0.3 is 4.74 Å². The van der Waals surface area contributed by atoms with Crippen LogP contribution in [0.25, 0.3) is 0 Å². The van der Waals surface area contributed by atoms with Crippen molar-refractivity contribution in [2.75, 3.05) is 6.61 Å². The molecular weight excluding hydrogens is 298 g/mol. The molecule has 104 valence electrons. The second-order valence-electron chi connectivity index (χ2n) is 3.48. The van der Waals surface area contributed by atoms with Crippen LogP contribution in [0.4, 0.5) is 0 Å². The van der Waals surface area contributed by atoms with E-state index in [2.05, 4.69) is 15.5 Å². The number of amides is 1. The molecule has 0 bridgehead atoms. The van der Waals surface area contributed by atoms with Gasteiger partial charge in [0.15, 0.2) is 5.17 Å². The van der Waals surface area contributed by atoms with Gasteiger partial charge in [-0.2, -0.15) is 5.10 Å². The van der Waals surface area contributed by atoms with E-state index in [1.165, 1.54) is 11.3 Å². The van der Waals surface area contributed by atoms with Gasteiger partial charge in [0.2, 0.25) is 0 Å². The van der Waals surface area contributed by atoms with E-state index in [-0.39, 0.29) is 17.4 Å². The van der Waals surface area contributed by atoms with Crippen LogP contribution >= 0.6 is 23.1 Å². The highest BCUT2D eigenvalue weighted by Gasteiger charge is 2.25. The highest BCUT2D eigenvalue weighted by Crippen LogP contribution is 2.23. The number of carbonyl (C=O) groups excluding carboxylic acids is 2. The molecule has 1 N–H and O–H groups in total. The number of thioether (sulfide) groups is 1. The summed E-state index contributed by atoms with van der Waals surface area (Å²) in [5, 5.41) is 12.5. The molecule has 6 nitrogen and oxygen atoms in total. The molecule has 8 heteroatoms. The van der Waals surface area contributed by atoms with Gasteiger partial charge >= 0.3 is 5.97 Å². The van der Waals surface area contributed by atoms with Crippen molar-refractivity contribution >= 4 is 46.4 Å². The van der Waals surface area contributed by atoms with Crippen molar-refractivity contribution in [2.24, 2.45) is 10.2 Å². The number of esters is 1. The Morgan fingerprint density at radius 1 is 1.55 bits per heavy atom. The zero-order chi connectivity index (χ0) is 14.4. The Kier molecular flexibility index (Phi) is 5.08. The van der Waals surface area contributed by atoms with Gasteiger partial charge in [0.05, 0.1) is 17.7 Å². The van der Waals surface area contributed by atoms with Crippen LogP contribution in [0.1, 0.15) is 11.8 Å². The maximum Gasteiger partial charge on any atom is 0.332 e. The zero-order valence-electron chi connectivity index (χ0n) is 10.5. The summed E-state index contributed by atoms with van der Waals surface area (Å²) in [7, 11) is 0. The fourth-order valence-corrected chi connectivity index (χ4v) is 2.59. The first-order valence-electron chi connectivity index (χ1n) is 5.71. The molecule has 1 fully saturated rings. The molecule has 2 heterocycles. The lowest BCUT2D eigenvalue weighted by Crippen LogP contribution is -2.19. The second kappa shape index (κ2) is 7.01. The molecule has 20 heavy (non-hydrogen) atoms. The molecule has 1 aliphatic rings. The molecule has 1 amide bonds. The van der Waals surface area contributed by atoms with E-state index < -0.39 is 5.97 Å². The quantitative estimate of drug-likeness (QED) is 0.398. The third-order valence-electron chi connectivity index (χ3n) is 2.06. The Hall–Kier alpha value is -1.93. The van der Waals surface area contributed by atoms with Gasteiger partial charge in [0.25, 0.3) is 5.91 Å². The molecule has 2 rings (SSSR count). The maximum atomic E-state index is 11.6. The Labute approximate surface area is 123 Å². The molecule has 1 aromatic heterocycles.